The molecule has 1 N–H and O–H groups in total. The maximum Gasteiger partial charge on any atom is 0.0465 e. The average Bonchev–Trinajstić information content (AvgIpc) is 2.09. The van der Waals surface area contributed by atoms with Gasteiger partial charge in [0.2, 0.25) is 0 Å². The van der Waals surface area contributed by atoms with Crippen molar-refractivity contribution in [1.82, 2.24) is 0 Å². The third kappa shape index (κ3) is 2.89. The molecule has 0 radical (unpaired) electrons. The molecular weight excluding hydrogens is 148 g/mol. The van der Waals surface area contributed by atoms with Crippen LogP contribution in [0.15, 0.2) is 30.3 Å². The predicted molar refractivity (Wildman–Crippen MR) is 51.9 cm³/mol. The molecule has 0 aliphatic carbocycles. The van der Waals surface area contributed by atoms with Gasteiger partial charge in [-0.05, 0) is 18.9 Å². The molecule has 0 aliphatic rings. The van der Waals surface area contributed by atoms with Gasteiger partial charge in [0.1, 0.15) is 0 Å². The number of aliphatic hydroxyl groups is 1. The summed E-state index contributed by atoms with van der Waals surface area (Å²) >= 11 is 0. The van der Waals surface area contributed by atoms with Gasteiger partial charge < -0.3 is 5.11 Å². The second-order valence-corrected chi connectivity index (χ2v) is 2.83. The Morgan fingerprint density at radius 2 is 1.92 bits per heavy atom. The summed E-state index contributed by atoms with van der Waals surface area (Å²) in [6.45, 7) is 2.30. The molecule has 1 aromatic carbocycles. The van der Waals surface area contributed by atoms with Crippen LogP contribution in [0.2, 0.25) is 0 Å². The zero-order chi connectivity index (χ0) is 8.81. The van der Waals surface area contributed by atoms with Gasteiger partial charge in [-0.1, -0.05) is 42.0 Å². The van der Waals surface area contributed by atoms with Gasteiger partial charge in [-0.15, -0.1) is 0 Å². The van der Waals surface area contributed by atoms with Crippen molar-refractivity contribution in [1.29, 1.82) is 0 Å². The minimum atomic E-state index is 0.225. The van der Waals surface area contributed by atoms with Gasteiger partial charge in [0, 0.05) is 6.61 Å². The van der Waals surface area contributed by atoms with E-state index in [9.17, 15) is 0 Å². The molecule has 0 heterocycles. The van der Waals surface area contributed by atoms with Crippen LogP contribution in [0.25, 0.3) is 6.08 Å². The minimum absolute atomic E-state index is 0.225. The number of hydrogen-bond acceptors (Lipinski definition) is 1. The number of benzene rings is 1. The second-order valence-electron chi connectivity index (χ2n) is 2.83. The quantitative estimate of drug-likeness (QED) is 0.723. The normalized spacial score (nSPS) is 10.8. The summed E-state index contributed by atoms with van der Waals surface area (Å²) in [6.07, 6.45) is 4.73. The van der Waals surface area contributed by atoms with Crippen LogP contribution in [0.3, 0.4) is 0 Å². The highest BCUT2D eigenvalue weighted by atomic mass is 16.2. The lowest BCUT2D eigenvalue weighted by atomic mass is 10.1. The number of aryl methyl sites for hydroxylation is 1. The Morgan fingerprint density at radius 1 is 1.25 bits per heavy atom. The highest BCUT2D eigenvalue weighted by molar-refractivity contribution is 5.49. The Bertz CT molecular complexity index is 246. The molecule has 1 rings (SSSR count). The van der Waals surface area contributed by atoms with Crippen LogP contribution in [-0.4, -0.2) is 11.7 Å². The molecule has 64 valence electrons. The van der Waals surface area contributed by atoms with Crippen LogP contribution in [0.5, 0.6) is 0 Å². The van der Waals surface area contributed by atoms with Gasteiger partial charge in [0.15, 0.2) is 0 Å². The average molecular weight is 162 g/mol. The molecule has 1 heteroatoms. The third-order valence-corrected chi connectivity index (χ3v) is 1.68. The lowest BCUT2D eigenvalue weighted by molar-refractivity contribution is 0.303. The first-order valence-electron chi connectivity index (χ1n) is 4.17. The van der Waals surface area contributed by atoms with Crippen molar-refractivity contribution in [3.8, 4) is 0 Å². The van der Waals surface area contributed by atoms with Gasteiger partial charge >= 0.3 is 0 Å². The van der Waals surface area contributed by atoms with E-state index in [2.05, 4.69) is 31.2 Å². The van der Waals surface area contributed by atoms with E-state index in [1.807, 2.05) is 12.2 Å². The Hall–Kier alpha value is -1.08. The summed E-state index contributed by atoms with van der Waals surface area (Å²) in [5.74, 6) is 0. The van der Waals surface area contributed by atoms with Gasteiger partial charge in [0.25, 0.3) is 0 Å². The molecule has 1 aromatic rings. The van der Waals surface area contributed by atoms with Crippen molar-refractivity contribution in [2.24, 2.45) is 0 Å². The van der Waals surface area contributed by atoms with Gasteiger partial charge in [0.05, 0.1) is 0 Å². The SMILES string of the molecule is Cc1ccc(C=CCCO)cc1. The smallest absolute Gasteiger partial charge is 0.0465 e. The first-order chi connectivity index (χ1) is 5.83. The zero-order valence-electron chi connectivity index (χ0n) is 7.33. The first-order valence-corrected chi connectivity index (χ1v) is 4.17. The summed E-state index contributed by atoms with van der Waals surface area (Å²) < 4.78 is 0. The Balaban J connectivity index is 2.58. The molecule has 0 saturated carbocycles. The fourth-order valence-corrected chi connectivity index (χ4v) is 0.972. The van der Waals surface area contributed by atoms with Crippen LogP contribution in [0.4, 0.5) is 0 Å². The monoisotopic (exact) mass is 162 g/mol. The summed E-state index contributed by atoms with van der Waals surface area (Å²) in [5, 5.41) is 8.54. The van der Waals surface area contributed by atoms with E-state index in [0.29, 0.717) is 0 Å². The van der Waals surface area contributed by atoms with Gasteiger partial charge in [-0.2, -0.15) is 0 Å². The van der Waals surface area contributed by atoms with Crippen molar-refractivity contribution < 1.29 is 5.11 Å². The molecule has 0 aromatic heterocycles. The Kier molecular flexibility index (Phi) is 3.55. The van der Waals surface area contributed by atoms with E-state index in [4.69, 9.17) is 5.11 Å². The molecule has 12 heavy (non-hydrogen) atoms. The summed E-state index contributed by atoms with van der Waals surface area (Å²) in [4.78, 5) is 0. The highest BCUT2D eigenvalue weighted by Gasteiger charge is 1.84. The van der Waals surface area contributed by atoms with E-state index in [0.717, 1.165) is 6.42 Å². The van der Waals surface area contributed by atoms with E-state index in [1.165, 1.54) is 11.1 Å². The van der Waals surface area contributed by atoms with Crippen LogP contribution < -0.4 is 0 Å². The van der Waals surface area contributed by atoms with Gasteiger partial charge in [-0.25, -0.2) is 0 Å². The predicted octanol–water partition coefficient (Wildman–Crippen LogP) is 2.39. The van der Waals surface area contributed by atoms with Crippen molar-refractivity contribution in [3.63, 3.8) is 0 Å². The number of hydrogen-bond donors (Lipinski definition) is 1. The van der Waals surface area contributed by atoms with Crippen LogP contribution in [-0.2, 0) is 0 Å². The summed E-state index contributed by atoms with van der Waals surface area (Å²) in [7, 11) is 0. The first kappa shape index (κ1) is 9.01. The van der Waals surface area contributed by atoms with E-state index in [1.54, 1.807) is 0 Å². The molecule has 1 nitrogen and oxygen atoms in total. The number of rotatable bonds is 3. The molecule has 0 bridgehead atoms. The molecular formula is C11H14O. The molecule has 0 spiro atoms. The third-order valence-electron chi connectivity index (χ3n) is 1.68. The van der Waals surface area contributed by atoms with Crippen LogP contribution >= 0.6 is 0 Å². The van der Waals surface area contributed by atoms with Crippen molar-refractivity contribution in [2.45, 2.75) is 13.3 Å². The standard InChI is InChI=1S/C11H14O/c1-10-5-7-11(8-6-10)4-2-3-9-12/h2,4-8,12H,3,9H2,1H3. The number of aliphatic hydroxyl groups excluding tert-OH is 1. The maximum atomic E-state index is 8.54. The zero-order valence-corrected chi connectivity index (χ0v) is 7.33. The molecule has 0 atom stereocenters. The maximum absolute atomic E-state index is 8.54. The summed E-state index contributed by atoms with van der Waals surface area (Å²) in [6, 6.07) is 8.31. The molecule has 0 aliphatic heterocycles. The molecule has 0 unspecified atom stereocenters. The van der Waals surface area contributed by atoms with Crippen molar-refractivity contribution in [2.75, 3.05) is 6.61 Å². The molecule has 0 fully saturated rings. The van der Waals surface area contributed by atoms with Crippen LogP contribution in [0.1, 0.15) is 17.5 Å². The highest BCUT2D eigenvalue weighted by Crippen LogP contribution is 2.04. The Morgan fingerprint density at radius 3 is 2.50 bits per heavy atom. The fraction of sp³-hybridized carbons (Fsp3) is 0.273. The van der Waals surface area contributed by atoms with Crippen molar-refractivity contribution in [3.05, 3.63) is 41.5 Å². The van der Waals surface area contributed by atoms with E-state index in [-0.39, 0.29) is 6.61 Å². The lowest BCUT2D eigenvalue weighted by Crippen LogP contribution is -1.76. The van der Waals surface area contributed by atoms with E-state index >= 15 is 0 Å². The second kappa shape index (κ2) is 4.73. The lowest BCUT2D eigenvalue weighted by Gasteiger charge is -1.93. The molecule has 0 saturated heterocycles. The fourth-order valence-electron chi connectivity index (χ4n) is 0.972. The van der Waals surface area contributed by atoms with E-state index < -0.39 is 0 Å². The molecule has 0 amide bonds. The van der Waals surface area contributed by atoms with Crippen LogP contribution in [0, 0.1) is 6.92 Å². The van der Waals surface area contributed by atoms with Gasteiger partial charge in [-0.3, -0.25) is 0 Å². The topological polar surface area (TPSA) is 20.2 Å². The van der Waals surface area contributed by atoms with Crippen molar-refractivity contribution >= 4 is 6.08 Å². The summed E-state index contributed by atoms with van der Waals surface area (Å²) in [5.41, 5.74) is 2.46. The largest absolute Gasteiger partial charge is 0.396 e. The minimum Gasteiger partial charge on any atom is -0.396 e. The Labute approximate surface area is 73.4 Å².